The van der Waals surface area contributed by atoms with Gasteiger partial charge in [0.05, 0.1) is 27.7 Å². The molecule has 0 aliphatic heterocycles. The number of carbonyl (C=O) groups is 2. The van der Waals surface area contributed by atoms with Gasteiger partial charge in [-0.15, -0.1) is 0 Å². The third kappa shape index (κ3) is 8.22. The molecule has 0 heterocycles. The van der Waals surface area contributed by atoms with Gasteiger partial charge in [0.1, 0.15) is 18.3 Å². The Labute approximate surface area is 264 Å². The highest BCUT2D eigenvalue weighted by Crippen LogP contribution is 2.29. The highest BCUT2D eigenvalue weighted by molar-refractivity contribution is 7.92. The molecule has 1 aliphatic rings. The van der Waals surface area contributed by atoms with Gasteiger partial charge in [0.25, 0.3) is 10.0 Å². The number of aryl methyl sites for hydroxylation is 1. The standard InChI is InChI=1S/C32H37Cl2N3O5S/c1-22-12-15-28(16-13-22)43(40,41)37(26-10-7-11-27(19-26)42-3)21-31(38)36(20-24-14-17-29(33)30(34)18-24)23(2)32(39)35-25-8-5-4-6-9-25/h7,10-19,23,25H,4-6,8-9,20-21H2,1-3H3,(H,35,39)/t23-/m1/s1. The molecule has 0 unspecified atom stereocenters. The number of benzene rings is 3. The van der Waals surface area contributed by atoms with Crippen molar-refractivity contribution >= 4 is 50.7 Å². The van der Waals surface area contributed by atoms with Crippen molar-refractivity contribution in [2.75, 3.05) is 18.0 Å². The van der Waals surface area contributed by atoms with Crippen LogP contribution in [-0.4, -0.2) is 50.9 Å². The Hall–Kier alpha value is -3.27. The molecule has 1 fully saturated rings. The Kier molecular flexibility index (Phi) is 11.0. The number of hydrogen-bond acceptors (Lipinski definition) is 5. The second kappa shape index (κ2) is 14.5. The van der Waals surface area contributed by atoms with Gasteiger partial charge in [-0.25, -0.2) is 8.42 Å². The predicted octanol–water partition coefficient (Wildman–Crippen LogP) is 6.37. The maximum absolute atomic E-state index is 14.2. The molecule has 3 aromatic rings. The van der Waals surface area contributed by atoms with Crippen LogP contribution in [0.1, 0.15) is 50.2 Å². The second-order valence-electron chi connectivity index (χ2n) is 10.8. The normalized spacial score (nSPS) is 14.5. The highest BCUT2D eigenvalue weighted by Gasteiger charge is 2.33. The van der Waals surface area contributed by atoms with Crippen molar-refractivity contribution in [2.24, 2.45) is 0 Å². The van der Waals surface area contributed by atoms with Gasteiger partial charge < -0.3 is 15.0 Å². The molecule has 230 valence electrons. The van der Waals surface area contributed by atoms with Gasteiger partial charge in [0.2, 0.25) is 11.8 Å². The van der Waals surface area contributed by atoms with Gasteiger partial charge in [-0.1, -0.05) is 72.3 Å². The van der Waals surface area contributed by atoms with Crippen LogP contribution >= 0.6 is 23.2 Å². The molecular formula is C32H37Cl2N3O5S. The maximum Gasteiger partial charge on any atom is 0.264 e. The zero-order chi connectivity index (χ0) is 31.1. The van der Waals surface area contributed by atoms with Crippen molar-refractivity contribution < 1.29 is 22.7 Å². The van der Waals surface area contributed by atoms with E-state index in [1.165, 1.54) is 24.1 Å². The highest BCUT2D eigenvalue weighted by atomic mass is 35.5. The summed E-state index contributed by atoms with van der Waals surface area (Å²) in [5, 5.41) is 3.77. The molecule has 1 aliphatic carbocycles. The minimum absolute atomic E-state index is 0.0194. The summed E-state index contributed by atoms with van der Waals surface area (Å²) in [7, 11) is -2.71. The van der Waals surface area contributed by atoms with Gasteiger partial charge >= 0.3 is 0 Å². The van der Waals surface area contributed by atoms with Gasteiger partial charge in [-0.3, -0.25) is 13.9 Å². The predicted molar refractivity (Wildman–Crippen MR) is 170 cm³/mol. The number of anilines is 1. The Bertz CT molecular complexity index is 1540. The lowest BCUT2D eigenvalue weighted by Crippen LogP contribution is -2.53. The summed E-state index contributed by atoms with van der Waals surface area (Å²) in [6.07, 6.45) is 4.99. The number of ether oxygens (including phenoxy) is 1. The average molecular weight is 647 g/mol. The Balaban J connectivity index is 1.70. The summed E-state index contributed by atoms with van der Waals surface area (Å²) in [5.74, 6) is -0.424. The van der Waals surface area contributed by atoms with Crippen LogP contribution in [0.5, 0.6) is 5.75 Å². The van der Waals surface area contributed by atoms with Crippen LogP contribution in [0.3, 0.4) is 0 Å². The van der Waals surface area contributed by atoms with Crippen LogP contribution in [0.25, 0.3) is 0 Å². The molecule has 3 aromatic carbocycles. The Morgan fingerprint density at radius 2 is 1.67 bits per heavy atom. The first-order chi connectivity index (χ1) is 20.5. The Morgan fingerprint density at radius 3 is 2.33 bits per heavy atom. The quantitative estimate of drug-likeness (QED) is 0.261. The molecular weight excluding hydrogens is 609 g/mol. The number of sulfonamides is 1. The van der Waals surface area contributed by atoms with E-state index in [2.05, 4.69) is 5.32 Å². The zero-order valence-electron chi connectivity index (χ0n) is 24.6. The third-order valence-corrected chi connectivity index (χ3v) is 10.2. The topological polar surface area (TPSA) is 96.0 Å². The molecule has 0 saturated heterocycles. The number of carbonyl (C=O) groups excluding carboxylic acids is 2. The van der Waals surface area contributed by atoms with Gasteiger partial charge in [0, 0.05) is 18.7 Å². The maximum atomic E-state index is 14.2. The minimum atomic E-state index is -4.19. The third-order valence-electron chi connectivity index (χ3n) is 7.68. The van der Waals surface area contributed by atoms with E-state index in [0.717, 1.165) is 42.0 Å². The van der Waals surface area contributed by atoms with E-state index >= 15 is 0 Å². The molecule has 1 saturated carbocycles. The summed E-state index contributed by atoms with van der Waals surface area (Å²) in [6, 6.07) is 17.1. The first-order valence-corrected chi connectivity index (χ1v) is 16.5. The van der Waals surface area contributed by atoms with Gasteiger partial charge in [-0.2, -0.15) is 0 Å². The van der Waals surface area contributed by atoms with Crippen molar-refractivity contribution in [3.63, 3.8) is 0 Å². The SMILES string of the molecule is COc1cccc(N(CC(=O)N(Cc2ccc(Cl)c(Cl)c2)[C@H](C)C(=O)NC2CCCCC2)S(=O)(=O)c2ccc(C)cc2)c1. The van der Waals surface area contributed by atoms with Crippen LogP contribution in [-0.2, 0) is 26.2 Å². The van der Waals surface area contributed by atoms with Gasteiger partial charge in [0.15, 0.2) is 0 Å². The first kappa shape index (κ1) is 32.6. The second-order valence-corrected chi connectivity index (χ2v) is 13.5. The van der Waals surface area contributed by atoms with Gasteiger partial charge in [-0.05, 0) is 68.7 Å². The fraction of sp³-hybridized carbons (Fsp3) is 0.375. The Morgan fingerprint density at radius 1 is 0.977 bits per heavy atom. The fourth-order valence-corrected chi connectivity index (χ4v) is 6.84. The lowest BCUT2D eigenvalue weighted by atomic mass is 9.95. The molecule has 1 atom stereocenters. The van der Waals surface area contributed by atoms with Crippen LogP contribution in [0.2, 0.25) is 10.0 Å². The molecule has 2 amide bonds. The van der Waals surface area contributed by atoms with Crippen LogP contribution in [0.15, 0.2) is 71.6 Å². The number of nitrogens with one attached hydrogen (secondary N) is 1. The largest absolute Gasteiger partial charge is 0.497 e. The lowest BCUT2D eigenvalue weighted by molar-refractivity contribution is -0.139. The van der Waals surface area contributed by atoms with E-state index in [0.29, 0.717) is 21.4 Å². The van der Waals surface area contributed by atoms with E-state index in [1.807, 2.05) is 6.92 Å². The molecule has 8 nitrogen and oxygen atoms in total. The number of rotatable bonds is 11. The number of halogens is 2. The molecule has 4 rings (SSSR count). The summed E-state index contributed by atoms with van der Waals surface area (Å²) in [6.45, 7) is 2.98. The van der Waals surface area contributed by atoms with Crippen molar-refractivity contribution in [1.82, 2.24) is 10.2 Å². The lowest BCUT2D eigenvalue weighted by Gasteiger charge is -2.33. The molecule has 0 aromatic heterocycles. The summed E-state index contributed by atoms with van der Waals surface area (Å²) < 4.78 is 34.4. The number of hydrogen-bond donors (Lipinski definition) is 1. The minimum Gasteiger partial charge on any atom is -0.497 e. The summed E-state index contributed by atoms with van der Waals surface area (Å²) in [4.78, 5) is 29.0. The van der Waals surface area contributed by atoms with E-state index < -0.39 is 28.5 Å². The number of amides is 2. The zero-order valence-corrected chi connectivity index (χ0v) is 26.9. The van der Waals surface area contributed by atoms with Crippen LogP contribution in [0.4, 0.5) is 5.69 Å². The number of nitrogens with zero attached hydrogens (tertiary/aromatic N) is 2. The smallest absolute Gasteiger partial charge is 0.264 e. The van der Waals surface area contributed by atoms with E-state index in [1.54, 1.807) is 61.5 Å². The van der Waals surface area contributed by atoms with E-state index in [-0.39, 0.29) is 29.1 Å². The molecule has 1 N–H and O–H groups in total. The van der Waals surface area contributed by atoms with E-state index in [4.69, 9.17) is 27.9 Å². The van der Waals surface area contributed by atoms with Crippen molar-refractivity contribution in [3.8, 4) is 5.75 Å². The van der Waals surface area contributed by atoms with Crippen molar-refractivity contribution in [2.45, 2.75) is 69.5 Å². The molecule has 0 bridgehead atoms. The average Bonchev–Trinajstić information content (AvgIpc) is 3.00. The van der Waals surface area contributed by atoms with Crippen LogP contribution in [0, 0.1) is 6.92 Å². The van der Waals surface area contributed by atoms with Crippen molar-refractivity contribution in [3.05, 3.63) is 87.9 Å². The molecule has 0 radical (unpaired) electrons. The number of methoxy groups -OCH3 is 1. The molecule has 11 heteroatoms. The van der Waals surface area contributed by atoms with Crippen molar-refractivity contribution in [1.29, 1.82) is 0 Å². The summed E-state index contributed by atoms with van der Waals surface area (Å²) in [5.41, 5.74) is 1.80. The first-order valence-electron chi connectivity index (χ1n) is 14.3. The van der Waals surface area contributed by atoms with Crippen LogP contribution < -0.4 is 14.4 Å². The monoisotopic (exact) mass is 645 g/mol. The fourth-order valence-electron chi connectivity index (χ4n) is 5.12. The molecule has 0 spiro atoms. The van der Waals surface area contributed by atoms with E-state index in [9.17, 15) is 18.0 Å². The molecule has 43 heavy (non-hydrogen) atoms. The summed E-state index contributed by atoms with van der Waals surface area (Å²) >= 11 is 12.4.